The van der Waals surface area contributed by atoms with Crippen molar-refractivity contribution in [2.24, 2.45) is 0 Å². The Hall–Kier alpha value is -1.94. The first-order valence-electron chi connectivity index (χ1n) is 7.63. The minimum absolute atomic E-state index is 0.0200. The van der Waals surface area contributed by atoms with E-state index in [4.69, 9.17) is 4.74 Å². The first kappa shape index (κ1) is 17.4. The van der Waals surface area contributed by atoms with Crippen LogP contribution in [0.25, 0.3) is 0 Å². The molecule has 0 saturated carbocycles. The number of ether oxygens (including phenoxy) is 1. The Morgan fingerprint density at radius 1 is 1.13 bits per heavy atom. The van der Waals surface area contributed by atoms with Crippen LogP contribution in [0.3, 0.4) is 0 Å². The van der Waals surface area contributed by atoms with E-state index in [0.717, 1.165) is 21.8 Å². The lowest BCUT2D eigenvalue weighted by Gasteiger charge is -2.18. The zero-order chi connectivity index (χ0) is 16.8. The number of benzene rings is 2. The molecule has 2 rings (SSSR count). The van der Waals surface area contributed by atoms with Gasteiger partial charge in [0.15, 0.2) is 0 Å². The van der Waals surface area contributed by atoms with Gasteiger partial charge in [-0.15, -0.1) is 11.8 Å². The molecule has 0 radical (unpaired) electrons. The van der Waals surface area contributed by atoms with Gasteiger partial charge in [0.25, 0.3) is 0 Å². The van der Waals surface area contributed by atoms with Crippen molar-refractivity contribution in [2.75, 3.05) is 12.9 Å². The molecule has 2 aromatic rings. The summed E-state index contributed by atoms with van der Waals surface area (Å²) in [6, 6.07) is 14.1. The van der Waals surface area contributed by atoms with Gasteiger partial charge in [-0.3, -0.25) is 4.79 Å². The third-order valence-corrected chi connectivity index (χ3v) is 4.63. The molecule has 4 heteroatoms. The molecule has 2 aromatic carbocycles. The van der Waals surface area contributed by atoms with Gasteiger partial charge in [-0.25, -0.2) is 0 Å². The molecular weight excluding hydrogens is 306 g/mol. The van der Waals surface area contributed by atoms with Crippen LogP contribution in [0.15, 0.2) is 47.4 Å². The summed E-state index contributed by atoms with van der Waals surface area (Å²) < 4.78 is 5.39. The highest BCUT2D eigenvalue weighted by molar-refractivity contribution is 8.00. The Bertz CT molecular complexity index is 668. The highest BCUT2D eigenvalue weighted by Gasteiger charge is 2.14. The molecule has 1 N–H and O–H groups in total. The van der Waals surface area contributed by atoms with Gasteiger partial charge >= 0.3 is 0 Å². The Morgan fingerprint density at radius 3 is 2.43 bits per heavy atom. The largest absolute Gasteiger partial charge is 0.496 e. The van der Waals surface area contributed by atoms with Gasteiger partial charge in [-0.05, 0) is 39.0 Å². The van der Waals surface area contributed by atoms with E-state index in [1.54, 1.807) is 18.9 Å². The van der Waals surface area contributed by atoms with Gasteiger partial charge < -0.3 is 10.1 Å². The number of rotatable bonds is 6. The van der Waals surface area contributed by atoms with Crippen LogP contribution >= 0.6 is 11.8 Å². The van der Waals surface area contributed by atoms with Crippen LogP contribution in [-0.4, -0.2) is 18.8 Å². The first-order chi connectivity index (χ1) is 11.0. The number of hydrogen-bond donors (Lipinski definition) is 1. The molecule has 0 saturated heterocycles. The van der Waals surface area contributed by atoms with Crippen LogP contribution in [0.2, 0.25) is 0 Å². The summed E-state index contributed by atoms with van der Waals surface area (Å²) in [5.74, 6) is 1.22. The van der Waals surface area contributed by atoms with Gasteiger partial charge in [-0.2, -0.15) is 0 Å². The topological polar surface area (TPSA) is 38.3 Å². The van der Waals surface area contributed by atoms with Crippen LogP contribution in [0.5, 0.6) is 5.75 Å². The standard InChI is InChI=1S/C19H23NO2S/c1-13-5-8-16(9-6-13)23-12-19(21)20-15(3)17-11-14(2)7-10-18(17)22-4/h5-11,15H,12H2,1-4H3,(H,20,21)/t15-/m1/s1. The number of methoxy groups -OCH3 is 1. The molecule has 0 aliphatic carbocycles. The fourth-order valence-corrected chi connectivity index (χ4v) is 3.05. The van der Waals surface area contributed by atoms with E-state index in [0.29, 0.717) is 5.75 Å². The van der Waals surface area contributed by atoms with Crippen molar-refractivity contribution in [3.63, 3.8) is 0 Å². The van der Waals surface area contributed by atoms with E-state index in [2.05, 4.69) is 30.4 Å². The number of carbonyl (C=O) groups is 1. The van der Waals surface area contributed by atoms with Gasteiger partial charge in [0, 0.05) is 10.5 Å². The van der Waals surface area contributed by atoms with Gasteiger partial charge in [-0.1, -0.05) is 35.4 Å². The summed E-state index contributed by atoms with van der Waals surface area (Å²) in [4.78, 5) is 13.3. The quantitative estimate of drug-likeness (QED) is 0.804. The second-order valence-corrected chi connectivity index (χ2v) is 6.69. The van der Waals surface area contributed by atoms with Crippen molar-refractivity contribution < 1.29 is 9.53 Å². The molecule has 122 valence electrons. The number of amides is 1. The number of nitrogens with one attached hydrogen (secondary N) is 1. The van der Waals surface area contributed by atoms with Crippen LogP contribution < -0.4 is 10.1 Å². The molecule has 0 aromatic heterocycles. The normalized spacial score (nSPS) is 11.8. The van der Waals surface area contributed by atoms with Crippen LogP contribution in [0, 0.1) is 13.8 Å². The molecule has 0 aliphatic rings. The van der Waals surface area contributed by atoms with Gasteiger partial charge in [0.1, 0.15) is 5.75 Å². The van der Waals surface area contributed by atoms with E-state index < -0.39 is 0 Å². The van der Waals surface area contributed by atoms with Crippen molar-refractivity contribution in [2.45, 2.75) is 31.7 Å². The molecule has 3 nitrogen and oxygen atoms in total. The van der Waals surface area contributed by atoms with Crippen molar-refractivity contribution in [3.05, 3.63) is 59.2 Å². The summed E-state index contributed by atoms with van der Waals surface area (Å²) in [6.45, 7) is 6.06. The van der Waals surface area contributed by atoms with Crippen molar-refractivity contribution in [1.29, 1.82) is 0 Å². The lowest BCUT2D eigenvalue weighted by Crippen LogP contribution is -2.28. The van der Waals surface area contributed by atoms with E-state index in [-0.39, 0.29) is 11.9 Å². The monoisotopic (exact) mass is 329 g/mol. The number of hydrogen-bond acceptors (Lipinski definition) is 3. The van der Waals surface area contributed by atoms with E-state index in [1.807, 2.05) is 38.1 Å². The zero-order valence-electron chi connectivity index (χ0n) is 14.1. The van der Waals surface area contributed by atoms with Gasteiger partial charge in [0.05, 0.1) is 18.9 Å². The third kappa shape index (κ3) is 5.03. The summed E-state index contributed by atoms with van der Waals surface area (Å²) >= 11 is 1.54. The molecular formula is C19H23NO2S. The van der Waals surface area contributed by atoms with Crippen LogP contribution in [0.4, 0.5) is 0 Å². The lowest BCUT2D eigenvalue weighted by molar-refractivity contribution is -0.119. The molecule has 0 unspecified atom stereocenters. The molecule has 0 aliphatic heterocycles. The molecule has 23 heavy (non-hydrogen) atoms. The number of thioether (sulfide) groups is 1. The SMILES string of the molecule is COc1ccc(C)cc1[C@@H](C)NC(=O)CSc1ccc(C)cc1. The van der Waals surface area contributed by atoms with Crippen molar-refractivity contribution >= 4 is 17.7 Å². The second-order valence-electron chi connectivity index (χ2n) is 5.64. The summed E-state index contributed by atoms with van der Waals surface area (Å²) in [7, 11) is 1.65. The predicted molar refractivity (Wildman–Crippen MR) is 96.2 cm³/mol. The third-order valence-electron chi connectivity index (χ3n) is 3.62. The summed E-state index contributed by atoms with van der Waals surface area (Å²) in [6.07, 6.45) is 0. The predicted octanol–water partition coefficient (Wildman–Crippen LogP) is 4.28. The average Bonchev–Trinajstić information content (AvgIpc) is 2.54. The average molecular weight is 329 g/mol. The smallest absolute Gasteiger partial charge is 0.230 e. The summed E-state index contributed by atoms with van der Waals surface area (Å²) in [5.41, 5.74) is 3.37. The Balaban J connectivity index is 1.94. The number of aryl methyl sites for hydroxylation is 2. The first-order valence-corrected chi connectivity index (χ1v) is 8.61. The second kappa shape index (κ2) is 8.06. The minimum atomic E-state index is -0.0871. The maximum atomic E-state index is 12.2. The zero-order valence-corrected chi connectivity index (χ0v) is 14.9. The Labute approximate surface area is 142 Å². The number of carbonyl (C=O) groups excluding carboxylic acids is 1. The lowest BCUT2D eigenvalue weighted by atomic mass is 10.0. The fraction of sp³-hybridized carbons (Fsp3) is 0.316. The molecule has 1 amide bonds. The summed E-state index contributed by atoms with van der Waals surface area (Å²) in [5, 5.41) is 3.04. The van der Waals surface area contributed by atoms with E-state index in [9.17, 15) is 4.79 Å². The molecule has 0 bridgehead atoms. The highest BCUT2D eigenvalue weighted by atomic mass is 32.2. The van der Waals surface area contributed by atoms with Crippen LogP contribution in [-0.2, 0) is 4.79 Å². The molecule has 0 spiro atoms. The van der Waals surface area contributed by atoms with Crippen molar-refractivity contribution in [3.8, 4) is 5.75 Å². The van der Waals surface area contributed by atoms with Crippen molar-refractivity contribution in [1.82, 2.24) is 5.32 Å². The van der Waals surface area contributed by atoms with Gasteiger partial charge in [0.2, 0.25) is 5.91 Å². The van der Waals surface area contributed by atoms with E-state index >= 15 is 0 Å². The maximum Gasteiger partial charge on any atom is 0.230 e. The highest BCUT2D eigenvalue weighted by Crippen LogP contribution is 2.26. The Morgan fingerprint density at radius 2 is 1.78 bits per heavy atom. The van der Waals surface area contributed by atoms with E-state index in [1.165, 1.54) is 5.56 Å². The molecule has 0 fully saturated rings. The maximum absolute atomic E-state index is 12.2. The minimum Gasteiger partial charge on any atom is -0.496 e. The molecule has 1 atom stereocenters. The Kier molecular flexibility index (Phi) is 6.11. The van der Waals surface area contributed by atoms with Crippen LogP contribution in [0.1, 0.15) is 29.7 Å². The molecule has 0 heterocycles. The fourth-order valence-electron chi connectivity index (χ4n) is 2.34.